The number of likely N-dealkylation sites (tertiary alicyclic amines) is 1. The van der Waals surface area contributed by atoms with Gasteiger partial charge in [0.2, 0.25) is 5.91 Å². The molecule has 0 aromatic rings. The summed E-state index contributed by atoms with van der Waals surface area (Å²) in [6.45, 7) is 3.28. The molecule has 1 unspecified atom stereocenters. The maximum atomic E-state index is 12.0. The number of carbonyl (C=O) groups excluding carboxylic acids is 1. The lowest BCUT2D eigenvalue weighted by Crippen LogP contribution is -2.51. The van der Waals surface area contributed by atoms with E-state index >= 15 is 0 Å². The van der Waals surface area contributed by atoms with Gasteiger partial charge in [-0.2, -0.15) is 0 Å². The Kier molecular flexibility index (Phi) is 3.27. The van der Waals surface area contributed by atoms with E-state index < -0.39 is 0 Å². The van der Waals surface area contributed by atoms with Crippen LogP contribution in [0.5, 0.6) is 0 Å². The Morgan fingerprint density at radius 2 is 2.27 bits per heavy atom. The van der Waals surface area contributed by atoms with Crippen molar-refractivity contribution in [3.8, 4) is 11.8 Å². The van der Waals surface area contributed by atoms with Crippen LogP contribution in [0.4, 0.5) is 0 Å². The molecule has 0 spiro atoms. The van der Waals surface area contributed by atoms with Crippen molar-refractivity contribution in [3.63, 3.8) is 0 Å². The minimum atomic E-state index is 0.0601. The van der Waals surface area contributed by atoms with Crippen molar-refractivity contribution in [1.29, 1.82) is 0 Å². The van der Waals surface area contributed by atoms with E-state index in [9.17, 15) is 4.79 Å². The van der Waals surface area contributed by atoms with Gasteiger partial charge in [0.15, 0.2) is 0 Å². The molecule has 2 rings (SSSR count). The highest BCUT2D eigenvalue weighted by atomic mass is 16.2. The second-order valence-corrected chi connectivity index (χ2v) is 4.32. The molecule has 1 aliphatic heterocycles. The topological polar surface area (TPSA) is 32.3 Å². The molecule has 3 nitrogen and oxygen atoms in total. The summed E-state index contributed by atoms with van der Waals surface area (Å²) in [5, 5.41) is 3.41. The molecule has 2 fully saturated rings. The molecule has 1 aliphatic carbocycles. The van der Waals surface area contributed by atoms with E-state index in [1.807, 2.05) is 11.8 Å². The molecular formula is C12H18N2O. The summed E-state index contributed by atoms with van der Waals surface area (Å²) in [7, 11) is 0. The molecule has 1 atom stereocenters. The van der Waals surface area contributed by atoms with Crippen LogP contribution in [-0.2, 0) is 4.79 Å². The van der Waals surface area contributed by atoms with E-state index in [1.54, 1.807) is 0 Å². The molecule has 0 aromatic carbocycles. The molecule has 2 aliphatic rings. The Bertz CT molecular complexity index is 298. The summed E-state index contributed by atoms with van der Waals surface area (Å²) in [6, 6.07) is 0.668. The van der Waals surface area contributed by atoms with E-state index in [4.69, 9.17) is 0 Å². The number of carbonyl (C=O) groups is 1. The molecule has 1 amide bonds. The van der Waals surface area contributed by atoms with Crippen molar-refractivity contribution in [1.82, 2.24) is 10.2 Å². The summed E-state index contributed by atoms with van der Waals surface area (Å²) in [5.41, 5.74) is 0. The Balaban J connectivity index is 1.88. The SMILES string of the molecule is CC#CCN1CCCC(NC2CC2)C1=O. The number of hydrogen-bond acceptors (Lipinski definition) is 2. The molecule has 0 radical (unpaired) electrons. The fraction of sp³-hybridized carbons (Fsp3) is 0.750. The third-order valence-corrected chi connectivity index (χ3v) is 2.99. The first kappa shape index (κ1) is 10.5. The predicted octanol–water partition coefficient (Wildman–Crippen LogP) is 0.753. The Morgan fingerprint density at radius 1 is 1.47 bits per heavy atom. The molecular weight excluding hydrogens is 188 g/mol. The van der Waals surface area contributed by atoms with Gasteiger partial charge in [0.25, 0.3) is 0 Å². The average Bonchev–Trinajstić information content (AvgIpc) is 3.03. The van der Waals surface area contributed by atoms with E-state index in [-0.39, 0.29) is 11.9 Å². The van der Waals surface area contributed by atoms with Crippen molar-refractivity contribution >= 4 is 5.91 Å². The first-order valence-corrected chi connectivity index (χ1v) is 5.75. The largest absolute Gasteiger partial charge is 0.330 e. The molecule has 82 valence electrons. The molecule has 15 heavy (non-hydrogen) atoms. The number of piperidine rings is 1. The summed E-state index contributed by atoms with van der Waals surface area (Å²) >= 11 is 0. The van der Waals surface area contributed by atoms with Gasteiger partial charge in [-0.1, -0.05) is 5.92 Å². The lowest BCUT2D eigenvalue weighted by atomic mass is 10.0. The van der Waals surface area contributed by atoms with Crippen LogP contribution in [0.25, 0.3) is 0 Å². The highest BCUT2D eigenvalue weighted by Gasteiger charge is 2.32. The van der Waals surface area contributed by atoms with E-state index in [0.29, 0.717) is 12.6 Å². The monoisotopic (exact) mass is 206 g/mol. The van der Waals surface area contributed by atoms with E-state index in [2.05, 4.69) is 17.2 Å². The highest BCUT2D eigenvalue weighted by Crippen LogP contribution is 2.22. The molecule has 1 heterocycles. The Labute approximate surface area is 91.2 Å². The maximum absolute atomic E-state index is 12.0. The molecule has 0 aromatic heterocycles. The Morgan fingerprint density at radius 3 is 2.93 bits per heavy atom. The van der Waals surface area contributed by atoms with Crippen LogP contribution in [0.3, 0.4) is 0 Å². The zero-order chi connectivity index (χ0) is 10.7. The first-order chi connectivity index (χ1) is 7.31. The van der Waals surface area contributed by atoms with Crippen molar-refractivity contribution in [2.45, 2.75) is 44.7 Å². The van der Waals surface area contributed by atoms with Gasteiger partial charge in [0, 0.05) is 12.6 Å². The maximum Gasteiger partial charge on any atom is 0.240 e. The average molecular weight is 206 g/mol. The third kappa shape index (κ3) is 2.73. The fourth-order valence-corrected chi connectivity index (χ4v) is 1.96. The second-order valence-electron chi connectivity index (χ2n) is 4.32. The molecule has 1 N–H and O–H groups in total. The van der Waals surface area contributed by atoms with Crippen LogP contribution in [0.15, 0.2) is 0 Å². The van der Waals surface area contributed by atoms with E-state index in [0.717, 1.165) is 19.4 Å². The van der Waals surface area contributed by atoms with Crippen LogP contribution < -0.4 is 5.32 Å². The second kappa shape index (κ2) is 4.67. The summed E-state index contributed by atoms with van der Waals surface area (Å²) in [6.07, 6.45) is 4.56. The number of nitrogens with zero attached hydrogens (tertiary/aromatic N) is 1. The van der Waals surface area contributed by atoms with Crippen LogP contribution >= 0.6 is 0 Å². The minimum absolute atomic E-state index is 0.0601. The number of rotatable bonds is 3. The zero-order valence-corrected chi connectivity index (χ0v) is 9.25. The van der Waals surface area contributed by atoms with Crippen molar-refractivity contribution in [2.24, 2.45) is 0 Å². The quantitative estimate of drug-likeness (QED) is 0.691. The molecule has 1 saturated carbocycles. The lowest BCUT2D eigenvalue weighted by molar-refractivity contribution is -0.135. The third-order valence-electron chi connectivity index (χ3n) is 2.99. The van der Waals surface area contributed by atoms with Gasteiger partial charge < -0.3 is 10.2 Å². The number of amides is 1. The van der Waals surface area contributed by atoms with Gasteiger partial charge in [-0.3, -0.25) is 4.79 Å². The standard InChI is InChI=1S/C12H18N2O/c1-2-3-8-14-9-4-5-11(12(14)15)13-10-6-7-10/h10-11,13H,4-9H2,1H3. The molecule has 3 heteroatoms. The van der Waals surface area contributed by atoms with Gasteiger partial charge in [-0.25, -0.2) is 0 Å². The van der Waals surface area contributed by atoms with Gasteiger partial charge in [0.05, 0.1) is 12.6 Å². The number of hydrogen-bond donors (Lipinski definition) is 1. The summed E-state index contributed by atoms with van der Waals surface area (Å²) in [4.78, 5) is 13.9. The zero-order valence-electron chi connectivity index (χ0n) is 9.25. The van der Waals surface area contributed by atoms with Crippen molar-refractivity contribution in [2.75, 3.05) is 13.1 Å². The molecule has 1 saturated heterocycles. The first-order valence-electron chi connectivity index (χ1n) is 5.75. The minimum Gasteiger partial charge on any atom is -0.330 e. The predicted molar refractivity (Wildman–Crippen MR) is 59.2 cm³/mol. The van der Waals surface area contributed by atoms with Gasteiger partial charge in [0.1, 0.15) is 0 Å². The smallest absolute Gasteiger partial charge is 0.240 e. The van der Waals surface area contributed by atoms with Gasteiger partial charge in [-0.05, 0) is 32.6 Å². The summed E-state index contributed by atoms with van der Waals surface area (Å²) < 4.78 is 0. The van der Waals surface area contributed by atoms with Gasteiger partial charge >= 0.3 is 0 Å². The van der Waals surface area contributed by atoms with Gasteiger partial charge in [-0.15, -0.1) is 5.92 Å². The number of nitrogens with one attached hydrogen (secondary N) is 1. The fourth-order valence-electron chi connectivity index (χ4n) is 1.96. The highest BCUT2D eigenvalue weighted by molar-refractivity contribution is 5.83. The van der Waals surface area contributed by atoms with Crippen LogP contribution in [0.2, 0.25) is 0 Å². The van der Waals surface area contributed by atoms with Crippen LogP contribution in [0.1, 0.15) is 32.6 Å². The molecule has 0 bridgehead atoms. The summed E-state index contributed by atoms with van der Waals surface area (Å²) in [5.74, 6) is 6.05. The van der Waals surface area contributed by atoms with Crippen LogP contribution in [-0.4, -0.2) is 36.0 Å². The van der Waals surface area contributed by atoms with Crippen molar-refractivity contribution in [3.05, 3.63) is 0 Å². The lowest BCUT2D eigenvalue weighted by Gasteiger charge is -2.31. The normalized spacial score (nSPS) is 26.1. The van der Waals surface area contributed by atoms with E-state index in [1.165, 1.54) is 12.8 Å². The van der Waals surface area contributed by atoms with Crippen LogP contribution in [0, 0.1) is 11.8 Å². The Hall–Kier alpha value is -1.01. The van der Waals surface area contributed by atoms with Crippen molar-refractivity contribution < 1.29 is 4.79 Å².